The van der Waals surface area contributed by atoms with Crippen LogP contribution in [0.5, 0.6) is 0 Å². The first-order valence-corrected chi connectivity index (χ1v) is 8.76. The molecule has 1 amide bonds. The van der Waals surface area contributed by atoms with Crippen LogP contribution in [0.4, 0.5) is 5.69 Å². The molecule has 0 aliphatic rings. The first kappa shape index (κ1) is 17.2. The molecule has 0 aliphatic heterocycles. The zero-order valence-corrected chi connectivity index (χ0v) is 14.8. The number of hydrogen-bond donors (Lipinski definition) is 1. The third-order valence-electron chi connectivity index (χ3n) is 3.33. The normalized spacial score (nSPS) is 10.5. The summed E-state index contributed by atoms with van der Waals surface area (Å²) in [6, 6.07) is 11.3. The van der Waals surface area contributed by atoms with Gasteiger partial charge in [-0.05, 0) is 54.8 Å². The van der Waals surface area contributed by atoms with E-state index in [9.17, 15) is 4.79 Å². The van der Waals surface area contributed by atoms with E-state index in [1.54, 1.807) is 12.1 Å². The van der Waals surface area contributed by atoms with E-state index in [-0.39, 0.29) is 5.91 Å². The van der Waals surface area contributed by atoms with Crippen LogP contribution >= 0.6 is 35.0 Å². The number of amides is 1. The number of carbonyl (C=O) groups is 1. The van der Waals surface area contributed by atoms with Gasteiger partial charge in [0.05, 0.1) is 5.75 Å². The van der Waals surface area contributed by atoms with Crippen LogP contribution < -0.4 is 5.32 Å². The number of nitrogens with one attached hydrogen (secondary N) is 1. The van der Waals surface area contributed by atoms with E-state index in [2.05, 4.69) is 5.32 Å². The van der Waals surface area contributed by atoms with E-state index in [1.165, 1.54) is 17.3 Å². The maximum absolute atomic E-state index is 12.0. The number of anilines is 1. The second kappa shape index (κ2) is 7.91. The molecule has 0 radical (unpaired) electrons. The zero-order valence-electron chi connectivity index (χ0n) is 12.5. The fraction of sp³-hybridized carbons (Fsp3) is 0.235. The number of hydrogen-bond acceptors (Lipinski definition) is 2. The van der Waals surface area contributed by atoms with Crippen molar-refractivity contribution in [3.8, 4) is 0 Å². The molecule has 22 heavy (non-hydrogen) atoms. The quantitative estimate of drug-likeness (QED) is 0.770. The number of halogens is 2. The van der Waals surface area contributed by atoms with Gasteiger partial charge in [-0.15, -0.1) is 11.8 Å². The lowest BCUT2D eigenvalue weighted by Gasteiger charge is -2.09. The molecule has 0 spiro atoms. The Hall–Kier alpha value is -1.16. The van der Waals surface area contributed by atoms with Gasteiger partial charge in [0.2, 0.25) is 5.91 Å². The molecule has 2 aromatic carbocycles. The lowest BCUT2D eigenvalue weighted by molar-refractivity contribution is -0.113. The average molecular weight is 354 g/mol. The van der Waals surface area contributed by atoms with Crippen molar-refractivity contribution in [1.82, 2.24) is 0 Å². The summed E-state index contributed by atoms with van der Waals surface area (Å²) in [6.45, 7) is 4.07. The van der Waals surface area contributed by atoms with E-state index < -0.39 is 0 Å². The lowest BCUT2D eigenvalue weighted by Crippen LogP contribution is -2.14. The SMILES string of the molecule is Cc1ccc(NC(=O)CSCc2c(Cl)cccc2Cl)cc1C. The predicted molar refractivity (Wildman–Crippen MR) is 97.2 cm³/mol. The number of rotatable bonds is 5. The Labute approximate surface area is 145 Å². The highest BCUT2D eigenvalue weighted by Crippen LogP contribution is 2.28. The molecule has 0 aromatic heterocycles. The van der Waals surface area contributed by atoms with Gasteiger partial charge < -0.3 is 5.32 Å². The molecule has 2 rings (SSSR count). The van der Waals surface area contributed by atoms with E-state index in [4.69, 9.17) is 23.2 Å². The molecule has 0 heterocycles. The Bertz CT molecular complexity index is 668. The van der Waals surface area contributed by atoms with Gasteiger partial charge in [-0.3, -0.25) is 4.79 Å². The van der Waals surface area contributed by atoms with Crippen molar-refractivity contribution in [3.63, 3.8) is 0 Å². The van der Waals surface area contributed by atoms with Gasteiger partial charge in [0.15, 0.2) is 0 Å². The van der Waals surface area contributed by atoms with Crippen LogP contribution in [0.2, 0.25) is 10.0 Å². The van der Waals surface area contributed by atoms with E-state index in [0.717, 1.165) is 16.8 Å². The van der Waals surface area contributed by atoms with E-state index in [1.807, 2.05) is 38.1 Å². The van der Waals surface area contributed by atoms with Crippen molar-refractivity contribution in [3.05, 3.63) is 63.1 Å². The molecule has 5 heteroatoms. The molecular formula is C17H17Cl2NOS. The Morgan fingerprint density at radius 2 is 1.77 bits per heavy atom. The van der Waals surface area contributed by atoms with Crippen molar-refractivity contribution in [2.75, 3.05) is 11.1 Å². The smallest absolute Gasteiger partial charge is 0.234 e. The predicted octanol–water partition coefficient (Wildman–Crippen LogP) is 5.48. The molecule has 0 unspecified atom stereocenters. The van der Waals surface area contributed by atoms with Gasteiger partial charge in [-0.25, -0.2) is 0 Å². The summed E-state index contributed by atoms with van der Waals surface area (Å²) in [5.41, 5.74) is 4.06. The van der Waals surface area contributed by atoms with E-state index >= 15 is 0 Å². The molecule has 0 aliphatic carbocycles. The summed E-state index contributed by atoms with van der Waals surface area (Å²) in [5.74, 6) is 0.935. The van der Waals surface area contributed by atoms with Gasteiger partial charge in [0.1, 0.15) is 0 Å². The number of aryl methyl sites for hydroxylation is 2. The highest BCUT2D eigenvalue weighted by molar-refractivity contribution is 7.99. The van der Waals surface area contributed by atoms with Gasteiger partial charge in [0.25, 0.3) is 0 Å². The second-order valence-corrected chi connectivity index (χ2v) is 6.84. The minimum Gasteiger partial charge on any atom is -0.325 e. The minimum atomic E-state index is -0.0311. The highest BCUT2D eigenvalue weighted by Gasteiger charge is 2.08. The Morgan fingerprint density at radius 3 is 2.41 bits per heavy atom. The van der Waals surface area contributed by atoms with Crippen molar-refractivity contribution in [1.29, 1.82) is 0 Å². The van der Waals surface area contributed by atoms with Crippen LogP contribution in [-0.4, -0.2) is 11.7 Å². The molecule has 116 valence electrons. The van der Waals surface area contributed by atoms with Gasteiger partial charge in [-0.2, -0.15) is 0 Å². The molecule has 0 saturated heterocycles. The van der Waals surface area contributed by atoms with Crippen LogP contribution in [0.15, 0.2) is 36.4 Å². The molecule has 0 fully saturated rings. The molecule has 1 N–H and O–H groups in total. The molecule has 0 bridgehead atoms. The molecular weight excluding hydrogens is 337 g/mol. The van der Waals surface area contributed by atoms with Crippen LogP contribution in [0, 0.1) is 13.8 Å². The fourth-order valence-electron chi connectivity index (χ4n) is 1.93. The average Bonchev–Trinajstić information content (AvgIpc) is 2.46. The summed E-state index contributed by atoms with van der Waals surface area (Å²) in [6.07, 6.45) is 0. The number of thioether (sulfide) groups is 1. The summed E-state index contributed by atoms with van der Waals surface area (Å²) >= 11 is 13.7. The lowest BCUT2D eigenvalue weighted by atomic mass is 10.1. The van der Waals surface area contributed by atoms with Gasteiger partial charge in [-0.1, -0.05) is 35.3 Å². The van der Waals surface area contributed by atoms with Crippen molar-refractivity contribution in [2.24, 2.45) is 0 Å². The topological polar surface area (TPSA) is 29.1 Å². The summed E-state index contributed by atoms with van der Waals surface area (Å²) in [4.78, 5) is 12.0. The Kier molecular flexibility index (Phi) is 6.18. The second-order valence-electron chi connectivity index (χ2n) is 5.04. The third-order valence-corrected chi connectivity index (χ3v) is 5.00. The monoisotopic (exact) mass is 353 g/mol. The first-order valence-electron chi connectivity index (χ1n) is 6.85. The summed E-state index contributed by atoms with van der Waals surface area (Å²) < 4.78 is 0. The van der Waals surface area contributed by atoms with Crippen LogP contribution in [-0.2, 0) is 10.5 Å². The Balaban J connectivity index is 1.86. The molecule has 2 nitrogen and oxygen atoms in total. The van der Waals surface area contributed by atoms with Gasteiger partial charge >= 0.3 is 0 Å². The maximum atomic E-state index is 12.0. The summed E-state index contributed by atoms with van der Waals surface area (Å²) in [7, 11) is 0. The molecule has 0 saturated carbocycles. The van der Waals surface area contributed by atoms with Crippen molar-refractivity contribution < 1.29 is 4.79 Å². The largest absolute Gasteiger partial charge is 0.325 e. The maximum Gasteiger partial charge on any atom is 0.234 e. The molecule has 2 aromatic rings. The third kappa shape index (κ3) is 4.67. The number of benzene rings is 2. The van der Waals surface area contributed by atoms with Crippen LogP contribution in [0.3, 0.4) is 0 Å². The first-order chi connectivity index (χ1) is 10.5. The van der Waals surface area contributed by atoms with Crippen molar-refractivity contribution in [2.45, 2.75) is 19.6 Å². The zero-order chi connectivity index (χ0) is 16.1. The van der Waals surface area contributed by atoms with Crippen LogP contribution in [0.1, 0.15) is 16.7 Å². The van der Waals surface area contributed by atoms with E-state index in [0.29, 0.717) is 21.6 Å². The van der Waals surface area contributed by atoms with Gasteiger partial charge in [0, 0.05) is 21.5 Å². The summed E-state index contributed by atoms with van der Waals surface area (Å²) in [5, 5.41) is 4.17. The Morgan fingerprint density at radius 1 is 1.09 bits per heavy atom. The highest BCUT2D eigenvalue weighted by atomic mass is 35.5. The minimum absolute atomic E-state index is 0.0311. The number of carbonyl (C=O) groups excluding carboxylic acids is 1. The van der Waals surface area contributed by atoms with Crippen LogP contribution in [0.25, 0.3) is 0 Å². The fourth-order valence-corrected chi connectivity index (χ4v) is 3.50. The standard InChI is InChI=1S/C17H17Cl2NOS/c1-11-6-7-13(8-12(11)2)20-17(21)10-22-9-14-15(18)4-3-5-16(14)19/h3-8H,9-10H2,1-2H3,(H,20,21). The molecule has 0 atom stereocenters. The van der Waals surface area contributed by atoms with Crippen molar-refractivity contribution >= 4 is 46.6 Å².